The fraction of sp³-hybridized carbons (Fsp3) is 0.0462. The van der Waals surface area contributed by atoms with E-state index in [2.05, 4.69) is 283 Å². The van der Waals surface area contributed by atoms with E-state index in [-0.39, 0.29) is 6.17 Å². The molecule has 0 fully saturated rings. The van der Waals surface area contributed by atoms with Gasteiger partial charge in [-0.1, -0.05) is 231 Å². The average molecular weight is 875 g/mol. The topological polar surface area (TPSA) is 51.7 Å². The number of fused-ring (bicyclic) bond motifs is 3. The van der Waals surface area contributed by atoms with Crippen LogP contribution in [0.5, 0.6) is 0 Å². The molecule has 0 saturated heterocycles. The Bertz CT molecular complexity index is 3360. The molecule has 0 aliphatic heterocycles. The van der Waals surface area contributed by atoms with Crippen LogP contribution in [-0.4, -0.2) is 0 Å². The van der Waals surface area contributed by atoms with Crippen molar-refractivity contribution in [2.24, 2.45) is 0 Å². The van der Waals surface area contributed by atoms with Gasteiger partial charge in [-0.05, 0) is 121 Å². The zero-order chi connectivity index (χ0) is 45.7. The quantitative estimate of drug-likeness (QED) is 0.101. The summed E-state index contributed by atoms with van der Waals surface area (Å²) in [5, 5.41) is 7.62. The lowest BCUT2D eigenvalue weighted by molar-refractivity contribution is -0.432. The number of para-hydroxylation sites is 2. The largest absolute Gasteiger partial charge is 0.355 e. The van der Waals surface area contributed by atoms with Crippen LogP contribution >= 0.6 is 0 Å². The molecule has 1 aliphatic rings. The summed E-state index contributed by atoms with van der Waals surface area (Å²) >= 11 is 0. The van der Waals surface area contributed by atoms with Gasteiger partial charge in [0.05, 0.1) is 5.41 Å². The Balaban J connectivity index is 0.975. The predicted molar refractivity (Wildman–Crippen MR) is 283 cm³/mol. The maximum Gasteiger partial charge on any atom is 0.184 e. The number of benzene rings is 10. The van der Waals surface area contributed by atoms with Crippen LogP contribution in [0.2, 0.25) is 0 Å². The summed E-state index contributed by atoms with van der Waals surface area (Å²) in [6.07, 6.45) is 2.95. The molecule has 5 N–H and O–H groups in total. The van der Waals surface area contributed by atoms with Gasteiger partial charge >= 0.3 is 0 Å². The van der Waals surface area contributed by atoms with E-state index in [1.54, 1.807) is 0 Å². The van der Waals surface area contributed by atoms with Gasteiger partial charge in [0.25, 0.3) is 0 Å². The Morgan fingerprint density at radius 3 is 1.69 bits per heavy atom. The highest BCUT2D eigenvalue weighted by Gasteiger charge is 2.47. The van der Waals surface area contributed by atoms with Crippen molar-refractivity contribution in [1.82, 2.24) is 5.32 Å². The van der Waals surface area contributed by atoms with Crippen molar-refractivity contribution in [3.05, 3.63) is 306 Å². The molecule has 0 amide bonds. The van der Waals surface area contributed by atoms with Crippen LogP contribution in [0.3, 0.4) is 0 Å². The van der Waals surface area contributed by atoms with Crippen LogP contribution in [0, 0.1) is 0 Å². The molecular formula is C65H52N3+. The average Bonchev–Trinajstić information content (AvgIpc) is 3.71. The summed E-state index contributed by atoms with van der Waals surface area (Å²) in [6, 6.07) is 94.3. The number of hydrogen-bond acceptors (Lipinski definition) is 2. The number of rotatable bonds is 13. The maximum atomic E-state index is 4.55. The van der Waals surface area contributed by atoms with Crippen molar-refractivity contribution in [3.8, 4) is 44.5 Å². The summed E-state index contributed by atoms with van der Waals surface area (Å²) in [5.74, 6) is 0. The van der Waals surface area contributed by atoms with Crippen molar-refractivity contribution in [3.63, 3.8) is 0 Å². The van der Waals surface area contributed by atoms with Gasteiger partial charge in [0.1, 0.15) is 0 Å². The second-order valence-corrected chi connectivity index (χ2v) is 17.6. The molecule has 10 aromatic rings. The van der Waals surface area contributed by atoms with Crippen molar-refractivity contribution < 1.29 is 5.73 Å². The van der Waals surface area contributed by atoms with E-state index in [9.17, 15) is 0 Å². The Morgan fingerprint density at radius 1 is 0.426 bits per heavy atom. The molecule has 2 unspecified atom stereocenters. The van der Waals surface area contributed by atoms with Crippen LogP contribution in [0.25, 0.3) is 50.2 Å². The summed E-state index contributed by atoms with van der Waals surface area (Å²) in [4.78, 5) is 0. The van der Waals surface area contributed by atoms with Crippen LogP contribution in [0.4, 0.5) is 11.4 Å². The van der Waals surface area contributed by atoms with Crippen LogP contribution in [0.1, 0.15) is 45.1 Å². The van der Waals surface area contributed by atoms with E-state index < -0.39 is 5.41 Å². The van der Waals surface area contributed by atoms with E-state index in [1.807, 2.05) is 0 Å². The first-order chi connectivity index (χ1) is 33.6. The second kappa shape index (κ2) is 18.8. The van der Waals surface area contributed by atoms with Crippen molar-refractivity contribution in [2.75, 3.05) is 5.32 Å². The Labute approximate surface area is 400 Å². The van der Waals surface area contributed by atoms with Gasteiger partial charge in [0, 0.05) is 22.6 Å². The monoisotopic (exact) mass is 874 g/mol. The number of hydrogen-bond donors (Lipinski definition) is 3. The number of anilines is 2. The van der Waals surface area contributed by atoms with Gasteiger partial charge < -0.3 is 16.4 Å². The predicted octanol–water partition coefficient (Wildman–Crippen LogP) is 14.9. The van der Waals surface area contributed by atoms with Gasteiger partial charge in [0.15, 0.2) is 6.17 Å². The lowest BCUT2D eigenvalue weighted by Gasteiger charge is -2.35. The normalized spacial score (nSPS) is 14.4. The van der Waals surface area contributed by atoms with Gasteiger partial charge in [-0.3, -0.25) is 0 Å². The SMILES string of the molecule is [NH3+]C(N/C(=C\Cc1ccc(-c2ccccc2)cc1)c1cccc(-c2cccc(-c3ccc4c(c3)C(c3ccccc3)(c3ccccc3Nc3ccccc3)c3ccccc3-4)c2)c1)c1ccccc1. The van der Waals surface area contributed by atoms with Crippen molar-refractivity contribution >= 4 is 17.1 Å². The fourth-order valence-corrected chi connectivity index (χ4v) is 10.1. The second-order valence-electron chi connectivity index (χ2n) is 17.6. The molecule has 2 atom stereocenters. The molecule has 0 aromatic heterocycles. The molecule has 1 aliphatic carbocycles. The molecule has 0 heterocycles. The van der Waals surface area contributed by atoms with Crippen molar-refractivity contribution in [2.45, 2.75) is 18.0 Å². The van der Waals surface area contributed by atoms with Gasteiger partial charge in [0.2, 0.25) is 0 Å². The summed E-state index contributed by atoms with van der Waals surface area (Å²) in [5.41, 5.74) is 25.3. The Kier molecular flexibility index (Phi) is 11.6. The van der Waals surface area contributed by atoms with Gasteiger partial charge in [-0.2, -0.15) is 0 Å². The first-order valence-corrected chi connectivity index (χ1v) is 23.5. The summed E-state index contributed by atoms with van der Waals surface area (Å²) in [6.45, 7) is 0. The molecular weight excluding hydrogens is 823 g/mol. The first-order valence-electron chi connectivity index (χ1n) is 23.5. The smallest absolute Gasteiger partial charge is 0.184 e. The number of allylic oxidation sites excluding steroid dienone is 1. The molecule has 3 nitrogen and oxygen atoms in total. The zero-order valence-electron chi connectivity index (χ0n) is 37.9. The lowest BCUT2D eigenvalue weighted by atomic mass is 9.67. The highest BCUT2D eigenvalue weighted by Crippen LogP contribution is 2.58. The zero-order valence-corrected chi connectivity index (χ0v) is 37.9. The standard InChI is InChI=1S/C65H51N3/c66-64(49-21-7-2-8-22-49)68-62(42-37-46-35-38-48(39-36-46)47-19-5-1-6-20-47)54-26-18-25-52(44-54)50-23-17-24-51(43-50)53-40-41-58-57-31-13-14-32-59(57)65(61(58)45-53,55-27-9-3-10-28-55)60-33-15-16-34-63(60)67-56-29-11-4-12-30-56/h1-36,38-45,64,67-68H,37,66H2/p+1/b62-42-. The first kappa shape index (κ1) is 42.2. The molecule has 3 heteroatoms. The van der Waals surface area contributed by atoms with Crippen LogP contribution in [-0.2, 0) is 11.8 Å². The highest BCUT2D eigenvalue weighted by molar-refractivity contribution is 5.90. The van der Waals surface area contributed by atoms with Crippen LogP contribution in [0.15, 0.2) is 267 Å². The molecule has 326 valence electrons. The summed E-state index contributed by atoms with van der Waals surface area (Å²) in [7, 11) is 0. The minimum Gasteiger partial charge on any atom is -0.355 e. The van der Waals surface area contributed by atoms with E-state index in [0.717, 1.165) is 45.7 Å². The minimum atomic E-state index is -0.584. The summed E-state index contributed by atoms with van der Waals surface area (Å²) < 4.78 is 0. The third kappa shape index (κ3) is 8.21. The van der Waals surface area contributed by atoms with Gasteiger partial charge in [-0.15, -0.1) is 0 Å². The molecule has 0 spiro atoms. The highest BCUT2D eigenvalue weighted by atomic mass is 15.0. The molecule has 68 heavy (non-hydrogen) atoms. The van der Waals surface area contributed by atoms with E-state index in [1.165, 1.54) is 61.2 Å². The fourth-order valence-electron chi connectivity index (χ4n) is 10.1. The Hall–Kier alpha value is -8.50. The molecule has 0 bridgehead atoms. The maximum absolute atomic E-state index is 4.55. The lowest BCUT2D eigenvalue weighted by Crippen LogP contribution is -2.59. The Morgan fingerprint density at radius 2 is 0.956 bits per heavy atom. The molecule has 0 saturated carbocycles. The number of nitrogens with one attached hydrogen (secondary N) is 2. The minimum absolute atomic E-state index is 0.134. The number of quaternary nitrogens is 1. The molecule has 10 aromatic carbocycles. The van der Waals surface area contributed by atoms with Crippen LogP contribution < -0.4 is 16.4 Å². The van der Waals surface area contributed by atoms with E-state index in [0.29, 0.717) is 0 Å². The van der Waals surface area contributed by atoms with E-state index >= 15 is 0 Å². The third-order valence-electron chi connectivity index (χ3n) is 13.5. The third-order valence-corrected chi connectivity index (χ3v) is 13.5. The van der Waals surface area contributed by atoms with Crippen molar-refractivity contribution in [1.29, 1.82) is 0 Å². The van der Waals surface area contributed by atoms with Gasteiger partial charge in [-0.25, -0.2) is 0 Å². The molecule has 0 radical (unpaired) electrons. The van der Waals surface area contributed by atoms with E-state index in [4.69, 9.17) is 0 Å². The molecule has 11 rings (SSSR count).